The summed E-state index contributed by atoms with van der Waals surface area (Å²) in [5, 5.41) is 4.83. The van der Waals surface area contributed by atoms with E-state index < -0.39 is 0 Å². The van der Waals surface area contributed by atoms with E-state index in [4.69, 9.17) is 5.73 Å². The van der Waals surface area contributed by atoms with Crippen LogP contribution in [-0.4, -0.2) is 10.9 Å². The molecule has 0 aliphatic rings. The lowest BCUT2D eigenvalue weighted by Crippen LogP contribution is -2.24. The van der Waals surface area contributed by atoms with Crippen LogP contribution in [-0.2, 0) is 6.54 Å². The van der Waals surface area contributed by atoms with Crippen molar-refractivity contribution in [2.24, 2.45) is 5.73 Å². The predicted molar refractivity (Wildman–Crippen MR) is 97.0 cm³/mol. The minimum atomic E-state index is 0.181. The monoisotopic (exact) mass is 375 g/mol. The molecule has 0 spiro atoms. The molecule has 3 nitrogen and oxygen atoms in total. The van der Waals surface area contributed by atoms with Gasteiger partial charge < -0.3 is 11.1 Å². The van der Waals surface area contributed by atoms with Crippen LogP contribution in [0.15, 0.2) is 53.0 Å². The molecular formula is C17H18BrN3S. The Hall–Kier alpha value is -1.27. The topological polar surface area (TPSA) is 50.9 Å². The average Bonchev–Trinajstić information content (AvgIpc) is 2.95. The lowest BCUT2D eigenvalue weighted by molar-refractivity contribution is 0.500. The standard InChI is InChI=1S/C17H18BrN3S/c18-13-5-3-4-12(10-13)11-20-15(8-9-19)17-14-6-1-2-7-16(14)22-21-17/h1-7,10,15,20H,8-9,11,19H2. The molecule has 1 atom stereocenters. The van der Waals surface area contributed by atoms with Crippen molar-refractivity contribution >= 4 is 37.5 Å². The van der Waals surface area contributed by atoms with Crippen LogP contribution in [0.5, 0.6) is 0 Å². The number of fused-ring (bicyclic) bond motifs is 1. The average molecular weight is 376 g/mol. The molecule has 22 heavy (non-hydrogen) atoms. The molecule has 0 fully saturated rings. The Kier molecular flexibility index (Phi) is 5.20. The molecule has 1 heterocycles. The highest BCUT2D eigenvalue weighted by atomic mass is 79.9. The van der Waals surface area contributed by atoms with Crippen molar-refractivity contribution in [3.63, 3.8) is 0 Å². The number of hydrogen-bond donors (Lipinski definition) is 2. The summed E-state index contributed by atoms with van der Waals surface area (Å²) in [6.45, 7) is 1.44. The minimum Gasteiger partial charge on any atom is -0.330 e. The zero-order valence-electron chi connectivity index (χ0n) is 12.1. The van der Waals surface area contributed by atoms with Crippen LogP contribution in [0.1, 0.15) is 23.7 Å². The molecule has 0 radical (unpaired) electrons. The molecule has 0 saturated heterocycles. The highest BCUT2D eigenvalue weighted by molar-refractivity contribution is 9.10. The van der Waals surface area contributed by atoms with Crippen LogP contribution in [0.2, 0.25) is 0 Å². The molecular weight excluding hydrogens is 358 g/mol. The first kappa shape index (κ1) is 15.6. The van der Waals surface area contributed by atoms with Gasteiger partial charge in [-0.1, -0.05) is 46.3 Å². The Balaban J connectivity index is 1.80. The van der Waals surface area contributed by atoms with Crippen LogP contribution in [0.3, 0.4) is 0 Å². The molecule has 5 heteroatoms. The molecule has 1 unspecified atom stereocenters. The fraction of sp³-hybridized carbons (Fsp3) is 0.235. The van der Waals surface area contributed by atoms with Crippen molar-refractivity contribution in [1.82, 2.24) is 9.69 Å². The molecule has 2 aromatic carbocycles. The summed E-state index contributed by atoms with van der Waals surface area (Å²) < 4.78 is 6.98. The second-order valence-corrected chi connectivity index (χ2v) is 6.93. The van der Waals surface area contributed by atoms with Gasteiger partial charge in [0.05, 0.1) is 16.4 Å². The number of aromatic nitrogens is 1. The van der Waals surface area contributed by atoms with E-state index in [1.54, 1.807) is 11.5 Å². The van der Waals surface area contributed by atoms with Crippen molar-refractivity contribution in [2.75, 3.05) is 6.54 Å². The SMILES string of the molecule is NCCC(NCc1cccc(Br)c1)c1nsc2ccccc12. The predicted octanol–water partition coefficient (Wildman–Crippen LogP) is 4.24. The fourth-order valence-electron chi connectivity index (χ4n) is 2.55. The first-order valence-corrected chi connectivity index (χ1v) is 8.87. The van der Waals surface area contributed by atoms with Crippen molar-refractivity contribution in [2.45, 2.75) is 19.0 Å². The van der Waals surface area contributed by atoms with Crippen LogP contribution in [0.25, 0.3) is 10.1 Å². The molecule has 0 amide bonds. The quantitative estimate of drug-likeness (QED) is 0.677. The van der Waals surface area contributed by atoms with Gasteiger partial charge in [-0.25, -0.2) is 0 Å². The van der Waals surface area contributed by atoms with Gasteiger partial charge in [0.25, 0.3) is 0 Å². The molecule has 3 rings (SSSR count). The van der Waals surface area contributed by atoms with Crippen LogP contribution >= 0.6 is 27.5 Å². The highest BCUT2D eigenvalue weighted by Crippen LogP contribution is 2.28. The zero-order chi connectivity index (χ0) is 15.4. The Morgan fingerprint density at radius 2 is 2.05 bits per heavy atom. The maximum absolute atomic E-state index is 5.80. The smallest absolute Gasteiger partial charge is 0.0790 e. The van der Waals surface area contributed by atoms with Gasteiger partial charge in [-0.2, -0.15) is 4.37 Å². The number of hydrogen-bond acceptors (Lipinski definition) is 4. The third-order valence-electron chi connectivity index (χ3n) is 3.63. The summed E-state index contributed by atoms with van der Waals surface area (Å²) in [6.07, 6.45) is 0.877. The van der Waals surface area contributed by atoms with Gasteiger partial charge >= 0.3 is 0 Å². The van der Waals surface area contributed by atoms with Crippen LogP contribution in [0, 0.1) is 0 Å². The maximum atomic E-state index is 5.80. The Labute approximate surface area is 142 Å². The Morgan fingerprint density at radius 3 is 2.86 bits per heavy atom. The first-order valence-electron chi connectivity index (χ1n) is 7.30. The van der Waals surface area contributed by atoms with E-state index in [9.17, 15) is 0 Å². The van der Waals surface area contributed by atoms with Gasteiger partial charge in [0.15, 0.2) is 0 Å². The molecule has 0 aliphatic heterocycles. The van der Waals surface area contributed by atoms with E-state index in [1.165, 1.54) is 15.6 Å². The van der Waals surface area contributed by atoms with Gasteiger partial charge in [0.1, 0.15) is 0 Å². The summed E-state index contributed by atoms with van der Waals surface area (Å²) >= 11 is 5.07. The van der Waals surface area contributed by atoms with E-state index >= 15 is 0 Å². The van der Waals surface area contributed by atoms with Crippen LogP contribution in [0.4, 0.5) is 0 Å². The summed E-state index contributed by atoms with van der Waals surface area (Å²) in [6, 6.07) is 16.9. The van der Waals surface area contributed by atoms with E-state index in [0.717, 1.165) is 23.1 Å². The molecule has 3 N–H and O–H groups in total. The van der Waals surface area contributed by atoms with Gasteiger partial charge in [-0.15, -0.1) is 0 Å². The van der Waals surface area contributed by atoms with Gasteiger partial charge in [-0.3, -0.25) is 0 Å². The number of halogens is 1. The summed E-state index contributed by atoms with van der Waals surface area (Å²) in [7, 11) is 0. The van der Waals surface area contributed by atoms with Crippen molar-refractivity contribution < 1.29 is 0 Å². The van der Waals surface area contributed by atoms with E-state index in [2.05, 4.69) is 68.1 Å². The zero-order valence-corrected chi connectivity index (χ0v) is 14.5. The second-order valence-electron chi connectivity index (χ2n) is 5.20. The molecule has 114 valence electrons. The fourth-order valence-corrected chi connectivity index (χ4v) is 3.83. The number of rotatable bonds is 6. The Morgan fingerprint density at radius 1 is 1.18 bits per heavy atom. The summed E-state index contributed by atoms with van der Waals surface area (Å²) in [4.78, 5) is 0. The molecule has 0 bridgehead atoms. The van der Waals surface area contributed by atoms with Gasteiger partial charge in [0.2, 0.25) is 0 Å². The number of nitrogens with zero attached hydrogens (tertiary/aromatic N) is 1. The van der Waals surface area contributed by atoms with Crippen molar-refractivity contribution in [3.8, 4) is 0 Å². The molecule has 3 aromatic rings. The van der Waals surface area contributed by atoms with E-state index in [1.807, 2.05) is 6.07 Å². The minimum absolute atomic E-state index is 0.181. The number of nitrogens with one attached hydrogen (secondary N) is 1. The molecule has 0 aliphatic carbocycles. The van der Waals surface area contributed by atoms with Gasteiger partial charge in [-0.05, 0) is 48.3 Å². The van der Waals surface area contributed by atoms with E-state index in [-0.39, 0.29) is 6.04 Å². The second kappa shape index (κ2) is 7.33. The normalized spacial score (nSPS) is 12.6. The van der Waals surface area contributed by atoms with Crippen molar-refractivity contribution in [3.05, 3.63) is 64.3 Å². The third kappa shape index (κ3) is 3.55. The van der Waals surface area contributed by atoms with Crippen molar-refractivity contribution in [1.29, 1.82) is 0 Å². The highest BCUT2D eigenvalue weighted by Gasteiger charge is 2.16. The van der Waals surface area contributed by atoms with E-state index in [0.29, 0.717) is 6.54 Å². The number of benzene rings is 2. The summed E-state index contributed by atoms with van der Waals surface area (Å²) in [5.41, 5.74) is 8.16. The summed E-state index contributed by atoms with van der Waals surface area (Å²) in [5.74, 6) is 0. The lowest BCUT2D eigenvalue weighted by Gasteiger charge is -2.17. The first-order chi connectivity index (χ1) is 10.8. The molecule has 0 saturated carbocycles. The third-order valence-corrected chi connectivity index (χ3v) is 4.97. The maximum Gasteiger partial charge on any atom is 0.0790 e. The van der Waals surface area contributed by atoms with Gasteiger partial charge in [0, 0.05) is 16.4 Å². The lowest BCUT2D eigenvalue weighted by atomic mass is 10.1. The number of nitrogens with two attached hydrogens (primary N) is 1. The Bertz CT molecular complexity index is 756. The largest absolute Gasteiger partial charge is 0.330 e. The molecule has 1 aromatic heterocycles. The van der Waals surface area contributed by atoms with Crippen LogP contribution < -0.4 is 11.1 Å².